The van der Waals surface area contributed by atoms with Crippen LogP contribution in [0.25, 0.3) is 6.20 Å². The van der Waals surface area contributed by atoms with Crippen molar-refractivity contribution in [3.05, 3.63) is 24.3 Å². The monoisotopic (exact) mass is 361 g/mol. The van der Waals surface area contributed by atoms with Crippen molar-refractivity contribution in [1.82, 2.24) is 4.98 Å². The van der Waals surface area contributed by atoms with Gasteiger partial charge in [-0.25, -0.2) is 9.55 Å². The number of aromatic amines is 1. The highest BCUT2D eigenvalue weighted by atomic mass is 15.0. The van der Waals surface area contributed by atoms with E-state index in [1.807, 2.05) is 6.20 Å². The van der Waals surface area contributed by atoms with Crippen LogP contribution in [0.2, 0.25) is 0 Å². The van der Waals surface area contributed by atoms with Crippen LogP contribution >= 0.6 is 0 Å². The largest absolute Gasteiger partial charge is 0.255 e. The molecule has 0 aromatic carbocycles. The van der Waals surface area contributed by atoms with Gasteiger partial charge in [0.25, 0.3) is 5.82 Å². The van der Waals surface area contributed by atoms with Crippen molar-refractivity contribution in [2.45, 2.75) is 123 Å². The zero-order valence-electron chi connectivity index (χ0n) is 17.8. The molecule has 0 saturated heterocycles. The molecule has 0 fully saturated rings. The van der Waals surface area contributed by atoms with E-state index in [1.165, 1.54) is 115 Å². The van der Waals surface area contributed by atoms with Crippen molar-refractivity contribution in [3.8, 4) is 0 Å². The van der Waals surface area contributed by atoms with E-state index in [1.54, 1.807) is 0 Å². The second-order valence-corrected chi connectivity index (χ2v) is 7.93. The zero-order chi connectivity index (χ0) is 18.7. The van der Waals surface area contributed by atoms with Gasteiger partial charge in [-0.15, -0.1) is 0 Å². The lowest BCUT2D eigenvalue weighted by molar-refractivity contribution is -0.574. The van der Waals surface area contributed by atoms with E-state index in [4.69, 9.17) is 0 Å². The van der Waals surface area contributed by atoms with Crippen LogP contribution in [0.4, 0.5) is 0 Å². The molecule has 0 aliphatic rings. The predicted molar refractivity (Wildman–Crippen MR) is 115 cm³/mol. The van der Waals surface area contributed by atoms with Gasteiger partial charge in [0.1, 0.15) is 12.4 Å². The van der Waals surface area contributed by atoms with Crippen LogP contribution in [0, 0.1) is 6.92 Å². The predicted octanol–water partition coefficient (Wildman–Crippen LogP) is 7.73. The third kappa shape index (κ3) is 13.2. The fourth-order valence-corrected chi connectivity index (χ4v) is 3.58. The number of nitrogens with zero attached hydrogens (tertiary/aromatic N) is 1. The number of rotatable bonds is 18. The van der Waals surface area contributed by atoms with Crippen LogP contribution in [-0.4, -0.2) is 4.98 Å². The molecular weight excluding hydrogens is 316 g/mol. The van der Waals surface area contributed by atoms with Gasteiger partial charge in [0.05, 0.1) is 6.20 Å². The minimum Gasteiger partial charge on any atom is -0.247 e. The second-order valence-electron chi connectivity index (χ2n) is 7.93. The van der Waals surface area contributed by atoms with E-state index in [0.29, 0.717) is 0 Å². The van der Waals surface area contributed by atoms with E-state index in [2.05, 4.69) is 41.9 Å². The van der Waals surface area contributed by atoms with Crippen molar-refractivity contribution in [2.75, 3.05) is 0 Å². The first-order valence-corrected chi connectivity index (χ1v) is 11.6. The van der Waals surface area contributed by atoms with Crippen LogP contribution in [0.3, 0.4) is 0 Å². The molecule has 0 amide bonds. The number of hydrogen-bond acceptors (Lipinski definition) is 0. The van der Waals surface area contributed by atoms with Crippen LogP contribution in [0.1, 0.15) is 122 Å². The highest BCUT2D eigenvalue weighted by molar-refractivity contribution is 5.06. The van der Waals surface area contributed by atoms with Crippen molar-refractivity contribution >= 4 is 6.20 Å². The van der Waals surface area contributed by atoms with E-state index < -0.39 is 0 Å². The van der Waals surface area contributed by atoms with Gasteiger partial charge in [0.15, 0.2) is 0 Å². The molecule has 0 aliphatic carbocycles. The third-order valence-electron chi connectivity index (χ3n) is 5.41. The van der Waals surface area contributed by atoms with Crippen molar-refractivity contribution in [2.24, 2.45) is 0 Å². The molecule has 0 saturated carbocycles. The summed E-state index contributed by atoms with van der Waals surface area (Å²) in [7, 11) is 0. The Kier molecular flexibility index (Phi) is 15.4. The molecule has 26 heavy (non-hydrogen) atoms. The summed E-state index contributed by atoms with van der Waals surface area (Å²) in [5.74, 6) is 1.19. The summed E-state index contributed by atoms with van der Waals surface area (Å²) < 4.78 is 2.15. The number of aryl methyl sites for hydroxylation is 1. The Balaban J connectivity index is 1.73. The van der Waals surface area contributed by atoms with Crippen molar-refractivity contribution < 1.29 is 4.57 Å². The number of unbranched alkanes of at least 4 members (excludes halogenated alkanes) is 16. The Morgan fingerprint density at radius 3 is 1.62 bits per heavy atom. The average Bonchev–Trinajstić information content (AvgIpc) is 3.05. The summed E-state index contributed by atoms with van der Waals surface area (Å²) in [5, 5.41) is 0. The molecular formula is C24H45N2+. The number of allylic oxidation sites excluding steroid dienone is 1. The second kappa shape index (κ2) is 17.4. The minimum absolute atomic E-state index is 1.19. The zero-order valence-corrected chi connectivity index (χ0v) is 17.8. The Morgan fingerprint density at radius 1 is 0.731 bits per heavy atom. The minimum atomic E-state index is 1.19. The number of hydrogen-bond donors (Lipinski definition) is 1. The molecule has 0 atom stereocenters. The van der Waals surface area contributed by atoms with Gasteiger partial charge >= 0.3 is 0 Å². The molecule has 0 unspecified atom stereocenters. The van der Waals surface area contributed by atoms with Gasteiger partial charge in [-0.1, -0.05) is 103 Å². The summed E-state index contributed by atoms with van der Waals surface area (Å²) in [4.78, 5) is 3.19. The summed E-state index contributed by atoms with van der Waals surface area (Å²) in [5.41, 5.74) is 0. The van der Waals surface area contributed by atoms with E-state index in [-0.39, 0.29) is 0 Å². The number of H-pyrrole nitrogens is 1. The normalized spacial score (nSPS) is 11.6. The molecule has 2 heteroatoms. The molecule has 0 spiro atoms. The highest BCUT2D eigenvalue weighted by Gasteiger charge is 1.98. The lowest BCUT2D eigenvalue weighted by Gasteiger charge is -2.03. The smallest absolute Gasteiger partial charge is 0.247 e. The first-order chi connectivity index (χ1) is 12.8. The van der Waals surface area contributed by atoms with Crippen LogP contribution in [-0.2, 0) is 0 Å². The maximum absolute atomic E-state index is 3.19. The molecule has 0 bridgehead atoms. The lowest BCUT2D eigenvalue weighted by atomic mass is 10.0. The van der Waals surface area contributed by atoms with Crippen molar-refractivity contribution in [3.63, 3.8) is 0 Å². The SMILES string of the molecule is CCCCCCCCCCCCCCCCCCC=C[n+]1cc[nH]c1C. The van der Waals surface area contributed by atoms with E-state index >= 15 is 0 Å². The van der Waals surface area contributed by atoms with Crippen LogP contribution < -0.4 is 4.57 Å². The summed E-state index contributed by atoms with van der Waals surface area (Å²) in [6.07, 6.45) is 32.8. The Morgan fingerprint density at radius 2 is 1.19 bits per heavy atom. The van der Waals surface area contributed by atoms with Gasteiger partial charge in [0, 0.05) is 6.92 Å². The molecule has 1 heterocycles. The molecule has 150 valence electrons. The van der Waals surface area contributed by atoms with Crippen molar-refractivity contribution in [1.29, 1.82) is 0 Å². The van der Waals surface area contributed by atoms with Gasteiger partial charge in [0.2, 0.25) is 0 Å². The van der Waals surface area contributed by atoms with Gasteiger partial charge in [-0.3, -0.25) is 0 Å². The average molecular weight is 362 g/mol. The third-order valence-corrected chi connectivity index (χ3v) is 5.41. The first kappa shape index (κ1) is 23.0. The van der Waals surface area contributed by atoms with Crippen LogP contribution in [0.5, 0.6) is 0 Å². The van der Waals surface area contributed by atoms with E-state index in [0.717, 1.165) is 0 Å². The number of aromatic nitrogens is 2. The molecule has 2 nitrogen and oxygen atoms in total. The molecule has 1 aromatic rings. The van der Waals surface area contributed by atoms with E-state index in [9.17, 15) is 0 Å². The lowest BCUT2D eigenvalue weighted by Crippen LogP contribution is -2.26. The Bertz CT molecular complexity index is 433. The van der Waals surface area contributed by atoms with Gasteiger partial charge < -0.3 is 0 Å². The topological polar surface area (TPSA) is 19.7 Å². The molecule has 1 rings (SSSR count). The molecule has 1 aromatic heterocycles. The Labute approximate surface area is 163 Å². The van der Waals surface area contributed by atoms with Crippen LogP contribution in [0.15, 0.2) is 18.5 Å². The fraction of sp³-hybridized carbons (Fsp3) is 0.792. The summed E-state index contributed by atoms with van der Waals surface area (Å²) in [6, 6.07) is 0. The molecule has 0 aliphatic heterocycles. The molecule has 1 N–H and O–H groups in total. The quantitative estimate of drug-likeness (QED) is 0.204. The fourth-order valence-electron chi connectivity index (χ4n) is 3.58. The maximum atomic E-state index is 3.19. The summed E-state index contributed by atoms with van der Waals surface area (Å²) >= 11 is 0. The highest BCUT2D eigenvalue weighted by Crippen LogP contribution is 2.14. The number of nitrogens with one attached hydrogen (secondary N) is 1. The first-order valence-electron chi connectivity index (χ1n) is 11.6. The van der Waals surface area contributed by atoms with Gasteiger partial charge in [-0.05, 0) is 18.9 Å². The van der Waals surface area contributed by atoms with Gasteiger partial charge in [-0.2, -0.15) is 0 Å². The molecule has 0 radical (unpaired) electrons. The standard InChI is InChI=1S/C24H44N2/c1-3-4-5-6-7-8-9-10-11-12-13-14-15-16-17-18-19-20-22-26-23-21-25-24(26)2/h20-23H,3-19H2,1-2H3/p+1. The number of imidazole rings is 1. The summed E-state index contributed by atoms with van der Waals surface area (Å²) in [6.45, 7) is 4.39. The maximum Gasteiger partial charge on any atom is 0.255 e. The Hall–Kier alpha value is -1.05.